The van der Waals surface area contributed by atoms with Crippen LogP contribution >= 0.6 is 11.8 Å². The highest BCUT2D eigenvalue weighted by Crippen LogP contribution is 2.30. The Morgan fingerprint density at radius 2 is 1.88 bits per heavy atom. The first-order valence-electron chi connectivity index (χ1n) is 8.95. The van der Waals surface area contributed by atoms with Gasteiger partial charge in [-0.2, -0.15) is 5.26 Å². The molecule has 0 saturated carbocycles. The lowest BCUT2D eigenvalue weighted by Gasteiger charge is -2.18. The molecule has 5 heteroatoms. The molecule has 0 spiro atoms. The lowest BCUT2D eigenvalue weighted by molar-refractivity contribution is -0.115. The Balaban J connectivity index is 1.75. The number of hydrogen-bond acceptors (Lipinski definition) is 4. The minimum absolute atomic E-state index is 0.0802. The second-order valence-electron chi connectivity index (χ2n) is 6.89. The van der Waals surface area contributed by atoms with E-state index >= 15 is 0 Å². The maximum atomic E-state index is 12.6. The van der Waals surface area contributed by atoms with Crippen LogP contribution in [0, 0.1) is 25.2 Å². The Kier molecular flexibility index (Phi) is 5.63. The number of aryl methyl sites for hydroxylation is 4. The van der Waals surface area contributed by atoms with Crippen LogP contribution in [-0.2, 0) is 17.6 Å². The van der Waals surface area contributed by atoms with Gasteiger partial charge < -0.3 is 5.32 Å². The van der Waals surface area contributed by atoms with Gasteiger partial charge in [-0.1, -0.05) is 17.8 Å². The van der Waals surface area contributed by atoms with E-state index in [2.05, 4.69) is 17.5 Å². The zero-order valence-corrected chi connectivity index (χ0v) is 16.2. The van der Waals surface area contributed by atoms with E-state index in [1.54, 1.807) is 0 Å². The molecule has 0 fully saturated rings. The molecule has 3 rings (SSSR count). The van der Waals surface area contributed by atoms with Crippen molar-refractivity contribution in [1.29, 1.82) is 5.26 Å². The fraction of sp³-hybridized carbons (Fsp3) is 0.381. The van der Waals surface area contributed by atoms with E-state index in [1.807, 2.05) is 39.0 Å². The number of fused-ring (bicyclic) bond motifs is 1. The SMILES string of the molecule is Cc1cc(C)cc(NC(=O)C(C)Sc2nc3c(cc2C#N)CCCC3)c1. The third-order valence-corrected chi connectivity index (χ3v) is 5.64. The number of nitrogens with one attached hydrogen (secondary N) is 1. The van der Waals surface area contributed by atoms with Gasteiger partial charge in [0, 0.05) is 11.4 Å². The fourth-order valence-corrected chi connectivity index (χ4v) is 4.19. The van der Waals surface area contributed by atoms with E-state index in [0.717, 1.165) is 48.2 Å². The summed E-state index contributed by atoms with van der Waals surface area (Å²) >= 11 is 1.36. The molecule has 1 heterocycles. The van der Waals surface area contributed by atoms with Crippen molar-refractivity contribution < 1.29 is 4.79 Å². The van der Waals surface area contributed by atoms with Crippen molar-refractivity contribution in [2.45, 2.75) is 56.7 Å². The van der Waals surface area contributed by atoms with Crippen LogP contribution in [0.4, 0.5) is 5.69 Å². The molecule has 4 nitrogen and oxygen atoms in total. The number of carbonyl (C=O) groups excluding carboxylic acids is 1. The van der Waals surface area contributed by atoms with Crippen LogP contribution in [0.3, 0.4) is 0 Å². The van der Waals surface area contributed by atoms with Gasteiger partial charge >= 0.3 is 0 Å². The third-order valence-electron chi connectivity index (χ3n) is 4.53. The number of pyridine rings is 1. The maximum Gasteiger partial charge on any atom is 0.237 e. The molecule has 0 aliphatic heterocycles. The number of benzene rings is 1. The molecule has 1 aliphatic carbocycles. The van der Waals surface area contributed by atoms with Crippen LogP contribution in [0.5, 0.6) is 0 Å². The normalized spacial score (nSPS) is 14.2. The highest BCUT2D eigenvalue weighted by Gasteiger charge is 2.20. The predicted octanol–water partition coefficient (Wildman–Crippen LogP) is 4.57. The largest absolute Gasteiger partial charge is 0.325 e. The maximum absolute atomic E-state index is 12.6. The Bertz CT molecular complexity index is 865. The Hall–Kier alpha value is -2.32. The summed E-state index contributed by atoms with van der Waals surface area (Å²) in [6, 6.07) is 10.2. The van der Waals surface area contributed by atoms with Crippen LogP contribution in [0.15, 0.2) is 29.3 Å². The number of thioether (sulfide) groups is 1. The molecule has 1 atom stereocenters. The Morgan fingerprint density at radius 3 is 2.58 bits per heavy atom. The zero-order chi connectivity index (χ0) is 18.7. The fourth-order valence-electron chi connectivity index (χ4n) is 3.30. The number of aromatic nitrogens is 1. The van der Waals surface area contributed by atoms with Gasteiger partial charge in [0.15, 0.2) is 0 Å². The van der Waals surface area contributed by atoms with Gasteiger partial charge in [-0.3, -0.25) is 4.79 Å². The van der Waals surface area contributed by atoms with Gasteiger partial charge in [0.05, 0.1) is 10.8 Å². The summed E-state index contributed by atoms with van der Waals surface area (Å²) < 4.78 is 0. The second-order valence-corrected chi connectivity index (χ2v) is 8.22. The minimum Gasteiger partial charge on any atom is -0.325 e. The average Bonchev–Trinajstić information content (AvgIpc) is 2.60. The topological polar surface area (TPSA) is 65.8 Å². The standard InChI is InChI=1S/C21H23N3OS/c1-13-8-14(2)10-18(9-13)23-20(25)15(3)26-21-17(12-22)11-16-6-4-5-7-19(16)24-21/h8-11,15H,4-7H2,1-3H3,(H,23,25). The highest BCUT2D eigenvalue weighted by atomic mass is 32.2. The molecule has 0 bridgehead atoms. The first-order chi connectivity index (χ1) is 12.5. The second kappa shape index (κ2) is 7.92. The van der Waals surface area contributed by atoms with Crippen molar-refractivity contribution in [2.75, 3.05) is 5.32 Å². The van der Waals surface area contributed by atoms with Crippen molar-refractivity contribution in [3.05, 3.63) is 52.2 Å². The molecule has 1 aromatic carbocycles. The molecule has 1 unspecified atom stereocenters. The zero-order valence-electron chi connectivity index (χ0n) is 15.4. The summed E-state index contributed by atoms with van der Waals surface area (Å²) in [5.41, 5.74) is 5.87. The highest BCUT2D eigenvalue weighted by molar-refractivity contribution is 8.00. The van der Waals surface area contributed by atoms with Crippen molar-refractivity contribution >= 4 is 23.4 Å². The molecule has 1 aromatic heterocycles. The molecular formula is C21H23N3OS. The van der Waals surface area contributed by atoms with Gasteiger partial charge in [-0.15, -0.1) is 0 Å². The number of rotatable bonds is 4. The summed E-state index contributed by atoms with van der Waals surface area (Å²) in [5, 5.41) is 12.8. The molecule has 2 aromatic rings. The molecule has 0 radical (unpaired) electrons. The monoisotopic (exact) mass is 365 g/mol. The molecule has 1 amide bonds. The Labute approximate surface area is 159 Å². The Morgan fingerprint density at radius 1 is 1.19 bits per heavy atom. The number of amides is 1. The van der Waals surface area contributed by atoms with Crippen LogP contribution in [0.1, 0.15) is 47.7 Å². The van der Waals surface area contributed by atoms with E-state index in [1.165, 1.54) is 17.3 Å². The van der Waals surface area contributed by atoms with E-state index in [-0.39, 0.29) is 11.2 Å². The molecule has 1 N–H and O–H groups in total. The summed E-state index contributed by atoms with van der Waals surface area (Å²) in [5.74, 6) is -0.0802. The van der Waals surface area contributed by atoms with E-state index in [9.17, 15) is 10.1 Å². The van der Waals surface area contributed by atoms with Crippen molar-refractivity contribution in [1.82, 2.24) is 4.98 Å². The number of carbonyl (C=O) groups is 1. The van der Waals surface area contributed by atoms with Gasteiger partial charge in [0.2, 0.25) is 5.91 Å². The lowest BCUT2D eigenvalue weighted by atomic mass is 9.95. The number of anilines is 1. The smallest absolute Gasteiger partial charge is 0.237 e. The van der Waals surface area contributed by atoms with Crippen LogP contribution in [0.2, 0.25) is 0 Å². The van der Waals surface area contributed by atoms with Gasteiger partial charge in [0.1, 0.15) is 11.1 Å². The molecule has 0 saturated heterocycles. The van der Waals surface area contributed by atoms with Crippen LogP contribution in [-0.4, -0.2) is 16.1 Å². The quantitative estimate of drug-likeness (QED) is 0.806. The lowest BCUT2D eigenvalue weighted by Crippen LogP contribution is -2.23. The summed E-state index contributed by atoms with van der Waals surface area (Å²) in [6.45, 7) is 5.87. The summed E-state index contributed by atoms with van der Waals surface area (Å²) in [6.07, 6.45) is 4.24. The van der Waals surface area contributed by atoms with Gasteiger partial charge in [0.25, 0.3) is 0 Å². The van der Waals surface area contributed by atoms with Gasteiger partial charge in [-0.25, -0.2) is 4.98 Å². The third kappa shape index (κ3) is 4.25. The van der Waals surface area contributed by atoms with E-state index in [4.69, 9.17) is 4.98 Å². The predicted molar refractivity (Wildman–Crippen MR) is 105 cm³/mol. The molecule has 134 valence electrons. The number of nitrogens with zero attached hydrogens (tertiary/aromatic N) is 2. The van der Waals surface area contributed by atoms with Crippen LogP contribution in [0.25, 0.3) is 0 Å². The molecule has 1 aliphatic rings. The summed E-state index contributed by atoms with van der Waals surface area (Å²) in [4.78, 5) is 17.3. The molecular weight excluding hydrogens is 342 g/mol. The average molecular weight is 366 g/mol. The minimum atomic E-state index is -0.336. The van der Waals surface area contributed by atoms with Crippen molar-refractivity contribution in [2.24, 2.45) is 0 Å². The van der Waals surface area contributed by atoms with Crippen molar-refractivity contribution in [3.8, 4) is 6.07 Å². The summed E-state index contributed by atoms with van der Waals surface area (Å²) in [7, 11) is 0. The number of nitriles is 1. The van der Waals surface area contributed by atoms with Crippen LogP contribution < -0.4 is 5.32 Å². The van der Waals surface area contributed by atoms with Gasteiger partial charge in [-0.05, 0) is 81.3 Å². The number of hydrogen-bond donors (Lipinski definition) is 1. The van der Waals surface area contributed by atoms with Crippen molar-refractivity contribution in [3.63, 3.8) is 0 Å². The van der Waals surface area contributed by atoms with E-state index in [0.29, 0.717) is 10.6 Å². The molecule has 26 heavy (non-hydrogen) atoms. The first kappa shape index (κ1) is 18.5. The van der Waals surface area contributed by atoms with E-state index < -0.39 is 0 Å². The first-order valence-corrected chi connectivity index (χ1v) is 9.83.